The van der Waals surface area contributed by atoms with Crippen LogP contribution in [-0.2, 0) is 16.1 Å². The monoisotopic (exact) mass is 417 g/mol. The van der Waals surface area contributed by atoms with E-state index in [0.717, 1.165) is 37.2 Å². The lowest BCUT2D eigenvalue weighted by Gasteiger charge is -2.39. The third kappa shape index (κ3) is 5.73. The van der Waals surface area contributed by atoms with E-state index in [-0.39, 0.29) is 23.9 Å². The first-order valence-corrected chi connectivity index (χ1v) is 11.0. The minimum atomic E-state index is -0.488. The highest BCUT2D eigenvalue weighted by Gasteiger charge is 2.40. The number of aliphatic hydroxyl groups is 1. The second kappa shape index (κ2) is 10.3. The number of hydrogen-bond donors (Lipinski definition) is 2. The van der Waals surface area contributed by atoms with Gasteiger partial charge in [0.2, 0.25) is 11.8 Å². The quantitative estimate of drug-likeness (QED) is 0.707. The van der Waals surface area contributed by atoms with Crippen molar-refractivity contribution in [1.29, 1.82) is 0 Å². The van der Waals surface area contributed by atoms with E-state index in [9.17, 15) is 14.7 Å². The summed E-state index contributed by atoms with van der Waals surface area (Å²) < 4.78 is 5.24. The molecule has 2 saturated heterocycles. The van der Waals surface area contributed by atoms with Gasteiger partial charge in [-0.1, -0.05) is 26.0 Å². The Hall–Kier alpha value is -2.12. The van der Waals surface area contributed by atoms with Crippen LogP contribution in [0.3, 0.4) is 0 Å². The van der Waals surface area contributed by atoms with Crippen LogP contribution in [0.25, 0.3) is 0 Å². The Kier molecular flexibility index (Phi) is 7.72. The molecule has 2 heterocycles. The van der Waals surface area contributed by atoms with Gasteiger partial charge >= 0.3 is 0 Å². The Morgan fingerprint density at radius 3 is 2.67 bits per heavy atom. The Morgan fingerprint density at radius 1 is 1.27 bits per heavy atom. The average molecular weight is 418 g/mol. The van der Waals surface area contributed by atoms with E-state index in [1.165, 1.54) is 0 Å². The number of nitrogens with zero attached hydrogens (tertiary/aromatic N) is 2. The van der Waals surface area contributed by atoms with Crippen molar-refractivity contribution in [2.24, 2.45) is 5.92 Å². The summed E-state index contributed by atoms with van der Waals surface area (Å²) in [5.74, 6) is 1.30. The summed E-state index contributed by atoms with van der Waals surface area (Å²) in [7, 11) is 1.62. The third-order valence-corrected chi connectivity index (χ3v) is 6.09. The Labute approximate surface area is 179 Å². The highest BCUT2D eigenvalue weighted by Crippen LogP contribution is 2.27. The molecule has 2 atom stereocenters. The van der Waals surface area contributed by atoms with Gasteiger partial charge in [0.1, 0.15) is 5.75 Å². The lowest BCUT2D eigenvalue weighted by Crippen LogP contribution is -2.52. The molecule has 0 bridgehead atoms. The Bertz CT molecular complexity index is 731. The first kappa shape index (κ1) is 22.6. The number of carbonyl (C=O) groups excluding carboxylic acids is 2. The predicted octanol–water partition coefficient (Wildman–Crippen LogP) is 1.78. The molecule has 7 heteroatoms. The third-order valence-electron chi connectivity index (χ3n) is 6.09. The van der Waals surface area contributed by atoms with Crippen LogP contribution < -0.4 is 10.1 Å². The number of nitrogens with one attached hydrogen (secondary N) is 1. The second-order valence-electron chi connectivity index (χ2n) is 8.88. The molecule has 0 radical (unpaired) electrons. The average Bonchev–Trinajstić information content (AvgIpc) is 3.13. The SMILES string of the molecule is COc1cccc(CNC(=O)[C@@H]2C[C@@H](O)CN2C2CCN(C(=O)CC(C)C)CC2)c1. The van der Waals surface area contributed by atoms with Crippen LogP contribution in [0.2, 0.25) is 0 Å². The molecule has 0 aliphatic carbocycles. The molecule has 2 aliphatic rings. The van der Waals surface area contributed by atoms with Crippen LogP contribution in [0.15, 0.2) is 24.3 Å². The predicted molar refractivity (Wildman–Crippen MR) is 115 cm³/mol. The van der Waals surface area contributed by atoms with Crippen molar-refractivity contribution in [2.45, 2.75) is 64.3 Å². The lowest BCUT2D eigenvalue weighted by molar-refractivity contribution is -0.134. The summed E-state index contributed by atoms with van der Waals surface area (Å²) in [4.78, 5) is 29.3. The van der Waals surface area contributed by atoms with Crippen molar-refractivity contribution >= 4 is 11.8 Å². The fraction of sp³-hybridized carbons (Fsp3) is 0.652. The maximum absolute atomic E-state index is 12.9. The number of β-amino-alcohol motifs (C(OH)–C–C–N with tert-alkyl or cyclic N) is 1. The topological polar surface area (TPSA) is 82.1 Å². The molecular weight excluding hydrogens is 382 g/mol. The summed E-state index contributed by atoms with van der Waals surface area (Å²) >= 11 is 0. The van der Waals surface area contributed by atoms with Crippen LogP contribution in [-0.4, -0.2) is 71.7 Å². The van der Waals surface area contributed by atoms with Crippen LogP contribution in [0, 0.1) is 5.92 Å². The smallest absolute Gasteiger partial charge is 0.237 e. The zero-order valence-corrected chi connectivity index (χ0v) is 18.3. The molecule has 2 fully saturated rings. The summed E-state index contributed by atoms with van der Waals surface area (Å²) in [5, 5.41) is 13.3. The molecule has 2 N–H and O–H groups in total. The number of rotatable bonds is 7. The van der Waals surface area contributed by atoms with Gasteiger partial charge in [-0.05, 0) is 42.9 Å². The van der Waals surface area contributed by atoms with E-state index in [0.29, 0.717) is 31.8 Å². The summed E-state index contributed by atoms with van der Waals surface area (Å²) in [6, 6.07) is 7.53. The van der Waals surface area contributed by atoms with Crippen molar-refractivity contribution in [2.75, 3.05) is 26.7 Å². The van der Waals surface area contributed by atoms with Gasteiger partial charge in [-0.15, -0.1) is 0 Å². The molecule has 2 amide bonds. The molecular formula is C23H35N3O4. The van der Waals surface area contributed by atoms with Gasteiger partial charge in [-0.2, -0.15) is 0 Å². The van der Waals surface area contributed by atoms with Crippen molar-refractivity contribution in [3.63, 3.8) is 0 Å². The van der Waals surface area contributed by atoms with E-state index >= 15 is 0 Å². The Balaban J connectivity index is 1.55. The zero-order chi connectivity index (χ0) is 21.7. The van der Waals surface area contributed by atoms with E-state index in [1.54, 1.807) is 7.11 Å². The lowest BCUT2D eigenvalue weighted by atomic mass is 10.0. The number of aliphatic hydroxyl groups excluding tert-OH is 1. The minimum Gasteiger partial charge on any atom is -0.497 e. The van der Waals surface area contributed by atoms with Gasteiger partial charge in [0.15, 0.2) is 0 Å². The van der Waals surface area contributed by atoms with Gasteiger partial charge in [0.05, 0.1) is 19.3 Å². The van der Waals surface area contributed by atoms with E-state index in [1.807, 2.05) is 29.2 Å². The zero-order valence-electron chi connectivity index (χ0n) is 18.3. The number of ether oxygens (including phenoxy) is 1. The molecule has 0 unspecified atom stereocenters. The van der Waals surface area contributed by atoms with Gasteiger partial charge < -0.3 is 20.1 Å². The van der Waals surface area contributed by atoms with Crippen molar-refractivity contribution in [3.8, 4) is 5.75 Å². The molecule has 1 aromatic carbocycles. The van der Waals surface area contributed by atoms with Gasteiger partial charge in [-0.25, -0.2) is 0 Å². The summed E-state index contributed by atoms with van der Waals surface area (Å²) in [6.45, 7) is 6.51. The first-order chi connectivity index (χ1) is 14.4. The molecule has 30 heavy (non-hydrogen) atoms. The number of carbonyl (C=O) groups is 2. The van der Waals surface area contributed by atoms with Gasteiger partial charge in [0, 0.05) is 38.6 Å². The van der Waals surface area contributed by atoms with Crippen LogP contribution in [0.4, 0.5) is 0 Å². The molecule has 7 nitrogen and oxygen atoms in total. The number of benzene rings is 1. The fourth-order valence-corrected chi connectivity index (χ4v) is 4.51. The van der Waals surface area contributed by atoms with E-state index < -0.39 is 6.10 Å². The molecule has 0 aromatic heterocycles. The largest absolute Gasteiger partial charge is 0.497 e. The van der Waals surface area contributed by atoms with Gasteiger partial charge in [0.25, 0.3) is 0 Å². The standard InChI is InChI=1S/C23H35N3O4/c1-16(2)11-22(28)25-9-7-18(8-10-25)26-15-19(27)13-21(26)23(29)24-14-17-5-4-6-20(12-17)30-3/h4-6,12,16,18-19,21,27H,7-11,13-15H2,1-3H3,(H,24,29)/t19-,21+/m1/s1. The van der Waals surface area contributed by atoms with Crippen molar-refractivity contribution in [3.05, 3.63) is 29.8 Å². The van der Waals surface area contributed by atoms with E-state index in [4.69, 9.17) is 4.74 Å². The maximum atomic E-state index is 12.9. The summed E-state index contributed by atoms with van der Waals surface area (Å²) in [6.07, 6.45) is 2.24. The van der Waals surface area contributed by atoms with E-state index in [2.05, 4.69) is 24.1 Å². The molecule has 2 aliphatic heterocycles. The summed E-state index contributed by atoms with van der Waals surface area (Å²) in [5.41, 5.74) is 0.977. The van der Waals surface area contributed by atoms with Crippen LogP contribution in [0.5, 0.6) is 5.75 Å². The molecule has 3 rings (SSSR count). The maximum Gasteiger partial charge on any atom is 0.237 e. The number of hydrogen-bond acceptors (Lipinski definition) is 5. The van der Waals surface area contributed by atoms with Crippen molar-refractivity contribution < 1.29 is 19.4 Å². The van der Waals surface area contributed by atoms with Crippen LogP contribution in [0.1, 0.15) is 45.1 Å². The highest BCUT2D eigenvalue weighted by atomic mass is 16.5. The van der Waals surface area contributed by atoms with Crippen LogP contribution >= 0.6 is 0 Å². The molecule has 1 aromatic rings. The highest BCUT2D eigenvalue weighted by molar-refractivity contribution is 5.82. The normalized spacial score (nSPS) is 23.0. The molecule has 0 saturated carbocycles. The molecule has 0 spiro atoms. The number of methoxy groups -OCH3 is 1. The van der Waals surface area contributed by atoms with Gasteiger partial charge in [-0.3, -0.25) is 14.5 Å². The Morgan fingerprint density at radius 2 is 2.00 bits per heavy atom. The second-order valence-corrected chi connectivity index (χ2v) is 8.88. The number of amides is 2. The first-order valence-electron chi connectivity index (χ1n) is 11.0. The number of likely N-dealkylation sites (tertiary alicyclic amines) is 2. The molecule has 166 valence electrons. The number of piperidine rings is 1. The minimum absolute atomic E-state index is 0.0484. The van der Waals surface area contributed by atoms with Crippen molar-refractivity contribution in [1.82, 2.24) is 15.1 Å². The fourth-order valence-electron chi connectivity index (χ4n) is 4.51.